The molecule has 0 radical (unpaired) electrons. The van der Waals surface area contributed by atoms with E-state index < -0.39 is 0 Å². The molecule has 4 nitrogen and oxygen atoms in total. The van der Waals surface area contributed by atoms with Crippen molar-refractivity contribution in [3.05, 3.63) is 28.7 Å². The van der Waals surface area contributed by atoms with E-state index in [1.54, 1.807) is 4.90 Å². The number of ether oxygens (including phenoxy) is 1. The molecular weight excluding hydrogens is 394 g/mol. The number of thioether (sulfide) groups is 1. The van der Waals surface area contributed by atoms with Crippen LogP contribution < -0.4 is 15.5 Å². The summed E-state index contributed by atoms with van der Waals surface area (Å²) in [5.74, 6) is 1.00. The number of morpholine rings is 1. The maximum Gasteiger partial charge on any atom is 0.166 e. The molecule has 128 valence electrons. The Bertz CT molecular complexity index is 467. The van der Waals surface area contributed by atoms with Crippen LogP contribution in [0.2, 0.25) is 0 Å². The van der Waals surface area contributed by atoms with Crippen LogP contribution in [-0.4, -0.2) is 56.8 Å². The Morgan fingerprint density at radius 1 is 1.17 bits per heavy atom. The molecule has 23 heavy (non-hydrogen) atoms. The summed E-state index contributed by atoms with van der Waals surface area (Å²) in [5, 5.41) is 7.32. The standard InChI is InChI=1S/C16H24BrN3OS2/c17-14-2-4-15(5-3-14)23-13-7-19-16(22)18-6-1-8-20-9-11-21-12-10-20/h2-5H,1,6-13H2,(H2,18,19,22)/p+1. The van der Waals surface area contributed by atoms with Gasteiger partial charge in [-0.2, -0.15) is 0 Å². The minimum absolute atomic E-state index is 0.762. The second-order valence-electron chi connectivity index (χ2n) is 5.45. The largest absolute Gasteiger partial charge is 0.370 e. The minimum atomic E-state index is 0.762. The van der Waals surface area contributed by atoms with Gasteiger partial charge in [0.15, 0.2) is 5.11 Å². The van der Waals surface area contributed by atoms with Gasteiger partial charge in [0.05, 0.1) is 19.8 Å². The Hall–Kier alpha value is -0.340. The van der Waals surface area contributed by atoms with Crippen LogP contribution in [0.1, 0.15) is 6.42 Å². The average molecular weight is 419 g/mol. The summed E-state index contributed by atoms with van der Waals surface area (Å²) in [7, 11) is 0. The van der Waals surface area contributed by atoms with Gasteiger partial charge in [0.25, 0.3) is 0 Å². The van der Waals surface area contributed by atoms with E-state index in [2.05, 4.69) is 50.8 Å². The number of nitrogens with one attached hydrogen (secondary N) is 3. The smallest absolute Gasteiger partial charge is 0.166 e. The fourth-order valence-corrected chi connectivity index (χ4v) is 3.61. The van der Waals surface area contributed by atoms with Crippen molar-refractivity contribution in [2.75, 3.05) is 51.7 Å². The van der Waals surface area contributed by atoms with E-state index in [1.165, 1.54) is 11.4 Å². The van der Waals surface area contributed by atoms with Gasteiger partial charge in [-0.3, -0.25) is 0 Å². The summed E-state index contributed by atoms with van der Waals surface area (Å²) in [6.07, 6.45) is 1.14. The maximum atomic E-state index is 5.37. The fraction of sp³-hybridized carbons (Fsp3) is 0.562. The Kier molecular flexibility index (Phi) is 9.29. The summed E-state index contributed by atoms with van der Waals surface area (Å²) in [6.45, 7) is 7.08. The third kappa shape index (κ3) is 8.35. The first-order valence-electron chi connectivity index (χ1n) is 8.05. The fourth-order valence-electron chi connectivity index (χ4n) is 2.38. The molecule has 0 spiro atoms. The number of thiocarbonyl (C=S) groups is 1. The third-order valence-electron chi connectivity index (χ3n) is 3.66. The molecule has 1 heterocycles. The molecule has 0 saturated carbocycles. The van der Waals surface area contributed by atoms with Crippen molar-refractivity contribution < 1.29 is 9.64 Å². The van der Waals surface area contributed by atoms with Crippen molar-refractivity contribution in [1.82, 2.24) is 10.6 Å². The van der Waals surface area contributed by atoms with Crippen molar-refractivity contribution in [3.8, 4) is 0 Å². The highest BCUT2D eigenvalue weighted by molar-refractivity contribution is 9.10. The predicted octanol–water partition coefficient (Wildman–Crippen LogP) is 1.31. The Labute approximate surface area is 156 Å². The Morgan fingerprint density at radius 3 is 2.61 bits per heavy atom. The summed E-state index contributed by atoms with van der Waals surface area (Å²) in [6, 6.07) is 8.38. The molecule has 1 saturated heterocycles. The van der Waals surface area contributed by atoms with Crippen molar-refractivity contribution in [1.29, 1.82) is 0 Å². The number of hydrogen-bond acceptors (Lipinski definition) is 3. The van der Waals surface area contributed by atoms with Crippen LogP contribution in [0.4, 0.5) is 0 Å². The van der Waals surface area contributed by atoms with Gasteiger partial charge in [0, 0.05) is 34.6 Å². The van der Waals surface area contributed by atoms with Crippen molar-refractivity contribution in [2.45, 2.75) is 11.3 Å². The van der Waals surface area contributed by atoms with Gasteiger partial charge in [-0.15, -0.1) is 11.8 Å². The maximum absolute atomic E-state index is 5.37. The molecule has 0 bridgehead atoms. The highest BCUT2D eigenvalue weighted by Gasteiger charge is 2.12. The van der Waals surface area contributed by atoms with E-state index in [4.69, 9.17) is 17.0 Å². The van der Waals surface area contributed by atoms with Gasteiger partial charge in [0.2, 0.25) is 0 Å². The first kappa shape index (κ1) is 19.0. The molecule has 0 atom stereocenters. The van der Waals surface area contributed by atoms with Crippen molar-refractivity contribution >= 4 is 45.0 Å². The van der Waals surface area contributed by atoms with Crippen LogP contribution in [0, 0.1) is 0 Å². The van der Waals surface area contributed by atoms with E-state index in [1.807, 2.05) is 11.8 Å². The average Bonchev–Trinajstić information content (AvgIpc) is 2.58. The highest BCUT2D eigenvalue weighted by atomic mass is 79.9. The topological polar surface area (TPSA) is 37.7 Å². The van der Waals surface area contributed by atoms with Gasteiger partial charge in [-0.05, 0) is 36.5 Å². The molecule has 0 amide bonds. The molecule has 1 aliphatic rings. The lowest BCUT2D eigenvalue weighted by Crippen LogP contribution is -3.14. The van der Waals surface area contributed by atoms with E-state index in [0.29, 0.717) is 0 Å². The quantitative estimate of drug-likeness (QED) is 0.337. The molecule has 1 aromatic carbocycles. The van der Waals surface area contributed by atoms with Gasteiger partial charge in [-0.1, -0.05) is 15.9 Å². The lowest BCUT2D eigenvalue weighted by molar-refractivity contribution is -0.908. The van der Waals surface area contributed by atoms with Crippen LogP contribution >= 0.6 is 39.9 Å². The summed E-state index contributed by atoms with van der Waals surface area (Å²) in [4.78, 5) is 2.92. The summed E-state index contributed by atoms with van der Waals surface area (Å²) >= 11 is 10.6. The Balaban J connectivity index is 1.46. The predicted molar refractivity (Wildman–Crippen MR) is 104 cm³/mol. The normalized spacial score (nSPS) is 15.3. The van der Waals surface area contributed by atoms with E-state index in [9.17, 15) is 0 Å². The monoisotopic (exact) mass is 418 g/mol. The summed E-state index contributed by atoms with van der Waals surface area (Å²) < 4.78 is 6.48. The van der Waals surface area contributed by atoms with Crippen LogP contribution in [0.25, 0.3) is 0 Å². The lowest BCUT2D eigenvalue weighted by Gasteiger charge is -2.23. The second kappa shape index (κ2) is 11.3. The first-order chi connectivity index (χ1) is 11.2. The van der Waals surface area contributed by atoms with Crippen LogP contribution in [-0.2, 0) is 4.74 Å². The first-order valence-corrected chi connectivity index (χ1v) is 10.2. The van der Waals surface area contributed by atoms with Crippen LogP contribution in [0.3, 0.4) is 0 Å². The SMILES string of the molecule is S=C(NCCC[NH+]1CCOCC1)NCCSc1ccc(Br)cc1. The molecule has 7 heteroatoms. The van der Waals surface area contributed by atoms with Gasteiger partial charge >= 0.3 is 0 Å². The number of benzene rings is 1. The number of quaternary nitrogens is 1. The highest BCUT2D eigenvalue weighted by Crippen LogP contribution is 2.19. The molecule has 2 rings (SSSR count). The second-order valence-corrected chi connectivity index (χ2v) is 7.94. The zero-order valence-electron chi connectivity index (χ0n) is 13.3. The molecule has 0 aliphatic carbocycles. The molecule has 1 aromatic rings. The number of rotatable bonds is 8. The zero-order chi connectivity index (χ0) is 16.3. The van der Waals surface area contributed by atoms with Crippen LogP contribution in [0.15, 0.2) is 33.6 Å². The minimum Gasteiger partial charge on any atom is -0.370 e. The lowest BCUT2D eigenvalue weighted by atomic mass is 10.3. The van der Waals surface area contributed by atoms with Crippen molar-refractivity contribution in [3.63, 3.8) is 0 Å². The summed E-state index contributed by atoms with van der Waals surface area (Å²) in [5.41, 5.74) is 0. The molecule has 1 aliphatic heterocycles. The van der Waals surface area contributed by atoms with E-state index in [0.717, 1.165) is 61.2 Å². The van der Waals surface area contributed by atoms with Gasteiger partial charge < -0.3 is 20.3 Å². The molecular formula is C16H25BrN3OS2+. The number of halogens is 1. The molecule has 1 fully saturated rings. The molecule has 0 aromatic heterocycles. The van der Waals surface area contributed by atoms with E-state index in [-0.39, 0.29) is 0 Å². The zero-order valence-corrected chi connectivity index (χ0v) is 16.5. The number of hydrogen-bond donors (Lipinski definition) is 3. The molecule has 3 N–H and O–H groups in total. The third-order valence-corrected chi connectivity index (χ3v) is 5.49. The van der Waals surface area contributed by atoms with Crippen LogP contribution in [0.5, 0.6) is 0 Å². The van der Waals surface area contributed by atoms with Gasteiger partial charge in [-0.25, -0.2) is 0 Å². The van der Waals surface area contributed by atoms with Crippen molar-refractivity contribution in [2.24, 2.45) is 0 Å². The Morgan fingerprint density at radius 2 is 1.87 bits per heavy atom. The van der Waals surface area contributed by atoms with Gasteiger partial charge in [0.1, 0.15) is 13.1 Å². The molecule has 0 unspecified atom stereocenters. The van der Waals surface area contributed by atoms with E-state index >= 15 is 0 Å².